The summed E-state index contributed by atoms with van der Waals surface area (Å²) in [5, 5.41) is 0. The van der Waals surface area contributed by atoms with E-state index in [1.807, 2.05) is 0 Å². The summed E-state index contributed by atoms with van der Waals surface area (Å²) >= 11 is 0. The minimum atomic E-state index is 0.829. The molecule has 0 aromatic carbocycles. The smallest absolute Gasteiger partial charge is 0.216 e. The minimum Gasteiger partial charge on any atom is -0.275 e. The second-order valence-corrected chi connectivity index (χ2v) is 15.1. The van der Waals surface area contributed by atoms with Crippen molar-refractivity contribution in [3.05, 3.63) is 0 Å². The van der Waals surface area contributed by atoms with Crippen LogP contribution >= 0.6 is 0 Å². The third kappa shape index (κ3) is 20.2. The first-order valence-corrected chi connectivity index (χ1v) is 21.3. The van der Waals surface area contributed by atoms with Crippen LogP contribution in [-0.4, -0.2) is 54.4 Å². The van der Waals surface area contributed by atoms with Gasteiger partial charge in [-0.25, -0.2) is 0 Å². The molecule has 0 unspecified atom stereocenters. The van der Waals surface area contributed by atoms with E-state index in [0.29, 0.717) is 0 Å². The Morgan fingerprint density at radius 2 is 0.455 bits per heavy atom. The number of quaternary nitrogens is 2. The number of rotatable bonds is 36. The predicted octanol–water partition coefficient (Wildman–Crippen LogP) is 14.0. The van der Waals surface area contributed by atoms with Gasteiger partial charge in [0.2, 0.25) is 6.17 Å². The van der Waals surface area contributed by atoms with Crippen LogP contribution in [0.15, 0.2) is 0 Å². The molecule has 0 fully saturated rings. The number of unbranched alkanes of at least 4 members (excludes halogenated alkanes) is 20. The van der Waals surface area contributed by atoms with E-state index >= 15 is 0 Å². The molecule has 2 heteroatoms. The van der Waals surface area contributed by atoms with Gasteiger partial charge >= 0.3 is 0 Å². The predicted molar refractivity (Wildman–Crippen MR) is 203 cm³/mol. The maximum Gasteiger partial charge on any atom is 0.216 e. The lowest BCUT2D eigenvalue weighted by molar-refractivity contribution is -1.13. The fourth-order valence-corrected chi connectivity index (χ4v) is 8.33. The molecule has 0 spiro atoms. The second-order valence-electron chi connectivity index (χ2n) is 15.1. The Kier molecular flexibility index (Phi) is 31.5. The van der Waals surface area contributed by atoms with Crippen molar-refractivity contribution in [2.75, 3.05) is 39.3 Å². The van der Waals surface area contributed by atoms with E-state index in [2.05, 4.69) is 48.5 Å². The zero-order chi connectivity index (χ0) is 32.6. The molecule has 0 rings (SSSR count). The van der Waals surface area contributed by atoms with Crippen LogP contribution in [0.2, 0.25) is 0 Å². The number of nitrogens with zero attached hydrogens (tertiary/aromatic N) is 2. The lowest BCUT2D eigenvalue weighted by Crippen LogP contribution is -2.71. The Hall–Kier alpha value is -0.0800. The van der Waals surface area contributed by atoms with Crippen LogP contribution in [0.3, 0.4) is 0 Å². The van der Waals surface area contributed by atoms with Crippen LogP contribution in [0, 0.1) is 0 Å². The zero-order valence-corrected chi connectivity index (χ0v) is 32.5. The summed E-state index contributed by atoms with van der Waals surface area (Å²) in [7, 11) is 0. The summed E-state index contributed by atoms with van der Waals surface area (Å²) in [6.07, 6.45) is 40.8. The van der Waals surface area contributed by atoms with E-state index in [0.717, 1.165) is 6.17 Å². The minimum absolute atomic E-state index is 0.829. The van der Waals surface area contributed by atoms with E-state index < -0.39 is 0 Å². The standard InChI is InChI=1S/C42H90N2/c1-8-15-22-23-24-25-26-27-28-35-42(43(36-29-16-9-2,37-30-17-10-3)38-31-18-11-4)44(39-32-19-12-5,40-33-20-13-6)41-34-21-14-7/h42H,8-41H2,1-7H3/q+2. The van der Waals surface area contributed by atoms with Crippen molar-refractivity contribution in [3.8, 4) is 0 Å². The average Bonchev–Trinajstić information content (AvgIpc) is 3.02. The Bertz CT molecular complexity index is 467. The van der Waals surface area contributed by atoms with Crippen molar-refractivity contribution in [2.45, 2.75) is 234 Å². The van der Waals surface area contributed by atoms with Crippen molar-refractivity contribution in [2.24, 2.45) is 0 Å². The van der Waals surface area contributed by atoms with Crippen molar-refractivity contribution < 1.29 is 8.97 Å². The highest BCUT2D eigenvalue weighted by atomic mass is 15.6. The lowest BCUT2D eigenvalue weighted by atomic mass is 9.98. The van der Waals surface area contributed by atoms with Crippen molar-refractivity contribution in [1.82, 2.24) is 0 Å². The van der Waals surface area contributed by atoms with Crippen LogP contribution < -0.4 is 0 Å². The Morgan fingerprint density at radius 3 is 0.705 bits per heavy atom. The summed E-state index contributed by atoms with van der Waals surface area (Å²) < 4.78 is 2.95. The van der Waals surface area contributed by atoms with Gasteiger partial charge in [0.25, 0.3) is 0 Å². The largest absolute Gasteiger partial charge is 0.275 e. The second kappa shape index (κ2) is 31.5. The summed E-state index contributed by atoms with van der Waals surface area (Å²) in [6.45, 7) is 25.6. The third-order valence-corrected chi connectivity index (χ3v) is 11.1. The Balaban J connectivity index is 6.55. The van der Waals surface area contributed by atoms with Crippen LogP contribution in [0.5, 0.6) is 0 Å². The molecule has 0 bridgehead atoms. The third-order valence-electron chi connectivity index (χ3n) is 11.1. The van der Waals surface area contributed by atoms with Gasteiger partial charge < -0.3 is 0 Å². The summed E-state index contributed by atoms with van der Waals surface area (Å²) in [6, 6.07) is 0. The molecule has 0 saturated heterocycles. The molecule has 2 nitrogen and oxygen atoms in total. The Morgan fingerprint density at radius 1 is 0.250 bits per heavy atom. The quantitative estimate of drug-likeness (QED) is 0.0370. The molecule has 0 radical (unpaired) electrons. The van der Waals surface area contributed by atoms with Gasteiger partial charge in [-0.15, -0.1) is 0 Å². The van der Waals surface area contributed by atoms with Crippen molar-refractivity contribution >= 4 is 0 Å². The van der Waals surface area contributed by atoms with E-state index in [9.17, 15) is 0 Å². The molecule has 0 aliphatic carbocycles. The molecule has 0 aliphatic heterocycles. The Labute approximate surface area is 282 Å². The van der Waals surface area contributed by atoms with Crippen molar-refractivity contribution in [3.63, 3.8) is 0 Å². The highest BCUT2D eigenvalue weighted by molar-refractivity contribution is 4.63. The van der Waals surface area contributed by atoms with Crippen LogP contribution in [0.1, 0.15) is 228 Å². The highest BCUT2D eigenvalue weighted by Gasteiger charge is 2.49. The van der Waals surface area contributed by atoms with E-state index in [1.165, 1.54) is 228 Å². The topological polar surface area (TPSA) is 0 Å². The molecule has 0 amide bonds. The number of hydrogen-bond donors (Lipinski definition) is 0. The monoisotopic (exact) mass is 623 g/mol. The van der Waals surface area contributed by atoms with E-state index in [1.54, 1.807) is 0 Å². The molecule has 0 saturated carbocycles. The van der Waals surface area contributed by atoms with Gasteiger partial charge in [0, 0.05) is 0 Å². The SMILES string of the molecule is CCCCCCCCCCCC([N+](CCCCC)(CCCCC)CCCCC)[N+](CCCCC)(CCCCC)CCCCC. The summed E-state index contributed by atoms with van der Waals surface area (Å²) in [5.74, 6) is 0. The van der Waals surface area contributed by atoms with Crippen LogP contribution in [-0.2, 0) is 0 Å². The van der Waals surface area contributed by atoms with Gasteiger partial charge in [0.05, 0.1) is 45.7 Å². The normalized spacial score (nSPS) is 12.5. The number of hydrogen-bond acceptors (Lipinski definition) is 0. The lowest BCUT2D eigenvalue weighted by Gasteiger charge is -2.55. The fourth-order valence-electron chi connectivity index (χ4n) is 8.33. The fraction of sp³-hybridized carbons (Fsp3) is 1.00. The maximum atomic E-state index is 2.42. The van der Waals surface area contributed by atoms with Crippen molar-refractivity contribution in [1.29, 1.82) is 0 Å². The van der Waals surface area contributed by atoms with Gasteiger partial charge in [-0.3, -0.25) is 8.97 Å². The average molecular weight is 623 g/mol. The molecule has 0 atom stereocenters. The van der Waals surface area contributed by atoms with E-state index in [4.69, 9.17) is 0 Å². The van der Waals surface area contributed by atoms with Gasteiger partial charge in [-0.05, 0) is 83.5 Å². The highest BCUT2D eigenvalue weighted by Crippen LogP contribution is 2.34. The zero-order valence-electron chi connectivity index (χ0n) is 32.5. The molecule has 44 heavy (non-hydrogen) atoms. The molecular formula is C42H90N2+2. The molecule has 0 N–H and O–H groups in total. The molecule has 266 valence electrons. The van der Waals surface area contributed by atoms with Gasteiger partial charge in [-0.2, -0.15) is 0 Å². The van der Waals surface area contributed by atoms with Crippen LogP contribution in [0.25, 0.3) is 0 Å². The first kappa shape index (κ1) is 43.9. The molecule has 0 heterocycles. The first-order valence-electron chi connectivity index (χ1n) is 21.3. The maximum absolute atomic E-state index is 2.42. The van der Waals surface area contributed by atoms with Gasteiger partial charge in [0.1, 0.15) is 0 Å². The first-order chi connectivity index (χ1) is 21.6. The van der Waals surface area contributed by atoms with E-state index in [-0.39, 0.29) is 0 Å². The van der Waals surface area contributed by atoms with Gasteiger partial charge in [-0.1, -0.05) is 138 Å². The van der Waals surface area contributed by atoms with Gasteiger partial charge in [0.15, 0.2) is 0 Å². The molecule has 0 aliphatic rings. The molecule has 0 aromatic heterocycles. The summed E-state index contributed by atoms with van der Waals surface area (Å²) in [5.41, 5.74) is 0. The summed E-state index contributed by atoms with van der Waals surface area (Å²) in [4.78, 5) is 0. The molecule has 0 aromatic rings. The van der Waals surface area contributed by atoms with Crippen LogP contribution in [0.4, 0.5) is 0 Å². The molecular weight excluding hydrogens is 532 g/mol.